The lowest BCUT2D eigenvalue weighted by Gasteiger charge is -2.05. The Bertz CT molecular complexity index is 1080. The van der Waals surface area contributed by atoms with Crippen LogP contribution in [-0.2, 0) is 17.8 Å². The molecule has 4 aromatic rings. The number of nitrogens with one attached hydrogen (secondary N) is 1. The van der Waals surface area contributed by atoms with Crippen molar-refractivity contribution in [3.8, 4) is 11.3 Å². The number of halogens is 1. The van der Waals surface area contributed by atoms with E-state index in [1.807, 2.05) is 40.2 Å². The number of benzene rings is 2. The van der Waals surface area contributed by atoms with Gasteiger partial charge in [-0.25, -0.2) is 4.98 Å². The average Bonchev–Trinajstić information content (AvgIpc) is 3.24. The van der Waals surface area contributed by atoms with Crippen LogP contribution in [-0.4, -0.2) is 15.3 Å². The monoisotopic (exact) mass is 395 g/mol. The van der Waals surface area contributed by atoms with Gasteiger partial charge in [-0.15, -0.1) is 11.3 Å². The van der Waals surface area contributed by atoms with Gasteiger partial charge in [0.25, 0.3) is 0 Å². The molecule has 0 radical (unpaired) electrons. The first-order valence-electron chi connectivity index (χ1n) is 8.62. The van der Waals surface area contributed by atoms with E-state index in [0.29, 0.717) is 18.0 Å². The van der Waals surface area contributed by atoms with E-state index in [0.717, 1.165) is 27.5 Å². The molecular formula is C21H18ClN3OS. The predicted octanol–water partition coefficient (Wildman–Crippen LogP) is 4.88. The van der Waals surface area contributed by atoms with E-state index >= 15 is 0 Å². The van der Waals surface area contributed by atoms with E-state index in [1.54, 1.807) is 11.3 Å². The van der Waals surface area contributed by atoms with Crippen molar-refractivity contribution >= 4 is 33.8 Å². The van der Waals surface area contributed by atoms with Gasteiger partial charge in [0.1, 0.15) is 0 Å². The zero-order valence-corrected chi connectivity index (χ0v) is 16.3. The summed E-state index contributed by atoms with van der Waals surface area (Å²) in [7, 11) is 0. The van der Waals surface area contributed by atoms with Gasteiger partial charge in [-0.3, -0.25) is 9.20 Å². The Labute approximate surface area is 166 Å². The van der Waals surface area contributed by atoms with Crippen LogP contribution in [0.25, 0.3) is 16.2 Å². The van der Waals surface area contributed by atoms with Gasteiger partial charge in [0, 0.05) is 34.4 Å². The van der Waals surface area contributed by atoms with Crippen LogP contribution in [0.4, 0.5) is 0 Å². The summed E-state index contributed by atoms with van der Waals surface area (Å²) < 4.78 is 2.00. The largest absolute Gasteiger partial charge is 0.352 e. The molecule has 0 aliphatic heterocycles. The third-order valence-electron chi connectivity index (χ3n) is 4.38. The van der Waals surface area contributed by atoms with Gasteiger partial charge in [0.2, 0.25) is 5.91 Å². The van der Waals surface area contributed by atoms with Crippen molar-refractivity contribution in [3.05, 3.63) is 82.0 Å². The molecule has 4 nitrogen and oxygen atoms in total. The number of aryl methyl sites for hydroxylation is 1. The number of amides is 1. The molecular weight excluding hydrogens is 378 g/mol. The van der Waals surface area contributed by atoms with E-state index in [1.165, 1.54) is 5.56 Å². The summed E-state index contributed by atoms with van der Waals surface area (Å²) in [6.45, 7) is 2.55. The van der Waals surface area contributed by atoms with Crippen LogP contribution in [0.15, 0.2) is 60.1 Å². The number of carbonyl (C=O) groups is 1. The molecule has 27 heavy (non-hydrogen) atoms. The molecule has 0 fully saturated rings. The second-order valence-electron chi connectivity index (χ2n) is 6.45. The third-order valence-corrected chi connectivity index (χ3v) is 5.52. The van der Waals surface area contributed by atoms with Crippen LogP contribution in [0.5, 0.6) is 0 Å². The first-order chi connectivity index (χ1) is 13.1. The Morgan fingerprint density at radius 2 is 1.89 bits per heavy atom. The van der Waals surface area contributed by atoms with Crippen molar-refractivity contribution in [1.82, 2.24) is 14.7 Å². The standard InChI is InChI=1S/C21H18ClN3OS/c1-14-2-6-16(7-3-14)19-12-25-18(13-27-21(25)24-19)10-20(26)23-11-15-4-8-17(22)9-5-15/h2-9,12-13H,10-11H2,1H3,(H,23,26). The molecule has 0 unspecified atom stereocenters. The van der Waals surface area contributed by atoms with E-state index in [2.05, 4.69) is 41.5 Å². The van der Waals surface area contributed by atoms with Crippen molar-refractivity contribution in [3.63, 3.8) is 0 Å². The maximum absolute atomic E-state index is 12.3. The molecule has 1 amide bonds. The molecule has 0 spiro atoms. The Balaban J connectivity index is 1.46. The van der Waals surface area contributed by atoms with Gasteiger partial charge < -0.3 is 5.32 Å². The summed E-state index contributed by atoms with van der Waals surface area (Å²) in [4.78, 5) is 17.9. The molecule has 0 aliphatic rings. The van der Waals surface area contributed by atoms with E-state index in [9.17, 15) is 4.79 Å². The molecule has 1 N–H and O–H groups in total. The number of nitrogens with zero attached hydrogens (tertiary/aromatic N) is 2. The maximum Gasteiger partial charge on any atom is 0.226 e. The molecule has 0 saturated heterocycles. The molecule has 2 aromatic carbocycles. The number of imidazole rings is 1. The summed E-state index contributed by atoms with van der Waals surface area (Å²) in [6.07, 6.45) is 2.32. The summed E-state index contributed by atoms with van der Waals surface area (Å²) >= 11 is 7.43. The summed E-state index contributed by atoms with van der Waals surface area (Å²) in [5, 5.41) is 5.63. The molecule has 4 rings (SSSR count). The number of fused-ring (bicyclic) bond motifs is 1. The highest BCUT2D eigenvalue weighted by Crippen LogP contribution is 2.24. The summed E-state index contributed by atoms with van der Waals surface area (Å²) in [5.74, 6) is -0.0183. The Hall–Kier alpha value is -2.63. The fraction of sp³-hybridized carbons (Fsp3) is 0.143. The lowest BCUT2D eigenvalue weighted by molar-refractivity contribution is -0.120. The molecule has 6 heteroatoms. The Morgan fingerprint density at radius 3 is 2.63 bits per heavy atom. The number of hydrogen-bond donors (Lipinski definition) is 1. The lowest BCUT2D eigenvalue weighted by atomic mass is 10.1. The summed E-state index contributed by atoms with van der Waals surface area (Å²) in [6, 6.07) is 15.8. The van der Waals surface area contributed by atoms with Gasteiger partial charge in [0.05, 0.1) is 12.1 Å². The van der Waals surface area contributed by atoms with Gasteiger partial charge in [-0.1, -0.05) is 53.6 Å². The number of thiazole rings is 1. The quantitative estimate of drug-likeness (QED) is 0.523. The van der Waals surface area contributed by atoms with Gasteiger partial charge in [0.15, 0.2) is 4.96 Å². The molecule has 0 atom stereocenters. The second kappa shape index (κ2) is 7.55. The van der Waals surface area contributed by atoms with Crippen LogP contribution >= 0.6 is 22.9 Å². The highest BCUT2D eigenvalue weighted by Gasteiger charge is 2.12. The Morgan fingerprint density at radius 1 is 1.15 bits per heavy atom. The van der Waals surface area contributed by atoms with Crippen LogP contribution in [0.3, 0.4) is 0 Å². The minimum atomic E-state index is -0.0183. The van der Waals surface area contributed by atoms with E-state index in [-0.39, 0.29) is 5.91 Å². The van der Waals surface area contributed by atoms with Crippen LogP contribution in [0, 0.1) is 6.92 Å². The topological polar surface area (TPSA) is 46.4 Å². The first-order valence-corrected chi connectivity index (χ1v) is 9.88. The smallest absolute Gasteiger partial charge is 0.226 e. The molecule has 0 aliphatic carbocycles. The zero-order valence-electron chi connectivity index (χ0n) is 14.8. The van der Waals surface area contributed by atoms with Crippen LogP contribution < -0.4 is 5.32 Å². The van der Waals surface area contributed by atoms with Gasteiger partial charge >= 0.3 is 0 Å². The lowest BCUT2D eigenvalue weighted by Crippen LogP contribution is -2.24. The normalized spacial score (nSPS) is 11.0. The van der Waals surface area contributed by atoms with Gasteiger partial charge in [-0.2, -0.15) is 0 Å². The number of aromatic nitrogens is 2. The molecule has 2 aromatic heterocycles. The molecule has 0 saturated carbocycles. The minimum absolute atomic E-state index is 0.0183. The van der Waals surface area contributed by atoms with E-state index < -0.39 is 0 Å². The molecule has 2 heterocycles. The van der Waals surface area contributed by atoms with Crippen molar-refractivity contribution in [1.29, 1.82) is 0 Å². The minimum Gasteiger partial charge on any atom is -0.352 e. The van der Waals surface area contributed by atoms with Crippen molar-refractivity contribution in [2.24, 2.45) is 0 Å². The van der Waals surface area contributed by atoms with Crippen molar-refractivity contribution in [2.75, 3.05) is 0 Å². The highest BCUT2D eigenvalue weighted by atomic mass is 35.5. The number of rotatable bonds is 5. The average molecular weight is 396 g/mol. The fourth-order valence-electron chi connectivity index (χ4n) is 2.85. The first kappa shape index (κ1) is 17.8. The predicted molar refractivity (Wildman–Crippen MR) is 110 cm³/mol. The Kier molecular flexibility index (Phi) is 4.97. The van der Waals surface area contributed by atoms with E-state index in [4.69, 9.17) is 11.6 Å². The third kappa shape index (κ3) is 4.04. The van der Waals surface area contributed by atoms with Gasteiger partial charge in [-0.05, 0) is 24.6 Å². The number of hydrogen-bond acceptors (Lipinski definition) is 3. The SMILES string of the molecule is Cc1ccc(-c2cn3c(CC(=O)NCc4ccc(Cl)cc4)csc3n2)cc1. The van der Waals surface area contributed by atoms with Crippen LogP contribution in [0.2, 0.25) is 5.02 Å². The zero-order chi connectivity index (χ0) is 18.8. The molecule has 0 bridgehead atoms. The maximum atomic E-state index is 12.3. The fourth-order valence-corrected chi connectivity index (χ4v) is 3.85. The summed E-state index contributed by atoms with van der Waals surface area (Å²) in [5.41, 5.74) is 5.18. The number of carbonyl (C=O) groups excluding carboxylic acids is 1. The van der Waals surface area contributed by atoms with Crippen LogP contribution in [0.1, 0.15) is 16.8 Å². The highest BCUT2D eigenvalue weighted by molar-refractivity contribution is 7.15. The van der Waals surface area contributed by atoms with Crippen molar-refractivity contribution in [2.45, 2.75) is 19.9 Å². The molecule has 136 valence electrons. The second-order valence-corrected chi connectivity index (χ2v) is 7.72. The van der Waals surface area contributed by atoms with Crippen molar-refractivity contribution < 1.29 is 4.79 Å².